The van der Waals surface area contributed by atoms with Crippen molar-refractivity contribution >= 4 is 27.5 Å². The van der Waals surface area contributed by atoms with Crippen molar-refractivity contribution in [1.29, 1.82) is 0 Å². The highest BCUT2D eigenvalue weighted by atomic mass is 79.9. The number of nitrogens with zero attached hydrogens (tertiary/aromatic N) is 2. The number of nitrogens with one attached hydrogen (secondary N) is 1. The lowest BCUT2D eigenvalue weighted by molar-refractivity contribution is 0.529. The van der Waals surface area contributed by atoms with Gasteiger partial charge in [0.2, 0.25) is 0 Å². The first kappa shape index (κ1) is 14.6. The van der Waals surface area contributed by atoms with Crippen molar-refractivity contribution < 1.29 is 0 Å². The molecule has 0 saturated carbocycles. The van der Waals surface area contributed by atoms with Gasteiger partial charge in [-0.25, -0.2) is 4.98 Å². The summed E-state index contributed by atoms with van der Waals surface area (Å²) in [5, 5.41) is 4.22. The standard InChI is InChI=1S/C14H17BrClN3/c1-3-17-13(9-14-18-6-7-19(14)2)10-4-5-11(15)12(16)8-10/h4-8,13,17H,3,9H2,1-2H3. The zero-order valence-corrected chi connectivity index (χ0v) is 13.4. The molecule has 2 aromatic rings. The maximum Gasteiger partial charge on any atom is 0.110 e. The summed E-state index contributed by atoms with van der Waals surface area (Å²) in [5.41, 5.74) is 1.18. The molecule has 19 heavy (non-hydrogen) atoms. The van der Waals surface area contributed by atoms with Gasteiger partial charge in [0.1, 0.15) is 5.82 Å². The van der Waals surface area contributed by atoms with Gasteiger partial charge in [-0.2, -0.15) is 0 Å². The van der Waals surface area contributed by atoms with E-state index in [1.54, 1.807) is 0 Å². The minimum Gasteiger partial charge on any atom is -0.338 e. The monoisotopic (exact) mass is 341 g/mol. The van der Waals surface area contributed by atoms with Gasteiger partial charge in [0.15, 0.2) is 0 Å². The number of likely N-dealkylation sites (N-methyl/N-ethyl adjacent to an activating group) is 1. The van der Waals surface area contributed by atoms with Gasteiger partial charge in [0, 0.05) is 36.4 Å². The number of halogens is 2. The molecule has 0 aliphatic carbocycles. The average Bonchev–Trinajstić information content (AvgIpc) is 2.78. The lowest BCUT2D eigenvalue weighted by atomic mass is 10.0. The number of hydrogen-bond donors (Lipinski definition) is 1. The molecule has 0 spiro atoms. The molecule has 1 heterocycles. The van der Waals surface area contributed by atoms with E-state index in [0.717, 1.165) is 28.3 Å². The zero-order chi connectivity index (χ0) is 13.8. The van der Waals surface area contributed by atoms with Crippen molar-refractivity contribution in [2.45, 2.75) is 19.4 Å². The highest BCUT2D eigenvalue weighted by Crippen LogP contribution is 2.27. The van der Waals surface area contributed by atoms with Crippen LogP contribution in [0.4, 0.5) is 0 Å². The van der Waals surface area contributed by atoms with Crippen LogP contribution in [0.5, 0.6) is 0 Å². The van der Waals surface area contributed by atoms with Crippen LogP contribution in [-0.4, -0.2) is 16.1 Å². The highest BCUT2D eigenvalue weighted by Gasteiger charge is 2.14. The van der Waals surface area contributed by atoms with Gasteiger partial charge in [-0.1, -0.05) is 24.6 Å². The summed E-state index contributed by atoms with van der Waals surface area (Å²) in [4.78, 5) is 4.38. The second-order valence-electron chi connectivity index (χ2n) is 4.44. The summed E-state index contributed by atoms with van der Waals surface area (Å²) in [7, 11) is 2.01. The first-order valence-corrected chi connectivity index (χ1v) is 7.43. The van der Waals surface area contributed by atoms with E-state index in [2.05, 4.69) is 39.2 Å². The van der Waals surface area contributed by atoms with Crippen LogP contribution in [0.2, 0.25) is 5.02 Å². The van der Waals surface area contributed by atoms with Gasteiger partial charge in [-0.3, -0.25) is 0 Å². The Morgan fingerprint density at radius 2 is 2.26 bits per heavy atom. The number of benzene rings is 1. The minimum absolute atomic E-state index is 0.219. The summed E-state index contributed by atoms with van der Waals surface area (Å²) < 4.78 is 2.97. The van der Waals surface area contributed by atoms with Gasteiger partial charge in [-0.05, 0) is 40.2 Å². The molecule has 0 aliphatic heterocycles. The van der Waals surface area contributed by atoms with Crippen LogP contribution >= 0.6 is 27.5 Å². The molecule has 5 heteroatoms. The lowest BCUT2D eigenvalue weighted by Gasteiger charge is -2.18. The molecule has 1 atom stereocenters. The second kappa shape index (κ2) is 6.55. The minimum atomic E-state index is 0.219. The predicted octanol–water partition coefficient (Wildman–Crippen LogP) is 3.73. The van der Waals surface area contributed by atoms with Crippen LogP contribution in [0.15, 0.2) is 35.1 Å². The quantitative estimate of drug-likeness (QED) is 0.897. The fraction of sp³-hybridized carbons (Fsp3) is 0.357. The van der Waals surface area contributed by atoms with Gasteiger partial charge in [0.25, 0.3) is 0 Å². The molecule has 3 nitrogen and oxygen atoms in total. The summed E-state index contributed by atoms with van der Waals surface area (Å²) in [6.45, 7) is 3.01. The fourth-order valence-electron chi connectivity index (χ4n) is 2.06. The first-order chi connectivity index (χ1) is 9.11. The molecule has 0 radical (unpaired) electrons. The molecule has 0 bridgehead atoms. The molecule has 1 N–H and O–H groups in total. The van der Waals surface area contributed by atoms with Gasteiger partial charge in [0.05, 0.1) is 5.02 Å². The Kier molecular flexibility index (Phi) is 5.02. The van der Waals surface area contributed by atoms with Gasteiger partial charge >= 0.3 is 0 Å². The number of rotatable bonds is 5. The van der Waals surface area contributed by atoms with Crippen LogP contribution in [-0.2, 0) is 13.5 Å². The van der Waals surface area contributed by atoms with E-state index in [4.69, 9.17) is 11.6 Å². The molecule has 102 valence electrons. The van der Waals surface area contributed by atoms with E-state index in [0.29, 0.717) is 0 Å². The van der Waals surface area contributed by atoms with Gasteiger partial charge < -0.3 is 9.88 Å². The highest BCUT2D eigenvalue weighted by molar-refractivity contribution is 9.10. The molecular formula is C14H17BrClN3. The molecule has 2 rings (SSSR count). The molecule has 1 unspecified atom stereocenters. The summed E-state index contributed by atoms with van der Waals surface area (Å²) in [6, 6.07) is 6.30. The number of hydrogen-bond acceptors (Lipinski definition) is 2. The summed E-state index contributed by atoms with van der Waals surface area (Å²) >= 11 is 9.60. The molecule has 1 aromatic heterocycles. The van der Waals surface area contributed by atoms with E-state index in [-0.39, 0.29) is 6.04 Å². The number of aromatic nitrogens is 2. The smallest absolute Gasteiger partial charge is 0.110 e. The first-order valence-electron chi connectivity index (χ1n) is 6.26. The Hall–Kier alpha value is -0.840. The van der Waals surface area contributed by atoms with E-state index in [1.807, 2.05) is 36.1 Å². The lowest BCUT2D eigenvalue weighted by Crippen LogP contribution is -2.24. The Balaban J connectivity index is 2.24. The molecule has 1 aromatic carbocycles. The van der Waals surface area contributed by atoms with Crippen LogP contribution in [0.1, 0.15) is 24.4 Å². The fourth-order valence-corrected chi connectivity index (χ4v) is 2.49. The van der Waals surface area contributed by atoms with E-state index in [9.17, 15) is 0 Å². The van der Waals surface area contributed by atoms with Crippen LogP contribution < -0.4 is 5.32 Å². The predicted molar refractivity (Wildman–Crippen MR) is 82.5 cm³/mol. The Morgan fingerprint density at radius 3 is 2.84 bits per heavy atom. The maximum absolute atomic E-state index is 6.18. The van der Waals surface area contributed by atoms with Crippen molar-refractivity contribution in [2.24, 2.45) is 7.05 Å². The normalized spacial score (nSPS) is 12.6. The SMILES string of the molecule is CCNC(Cc1nccn1C)c1ccc(Br)c(Cl)c1. The second-order valence-corrected chi connectivity index (χ2v) is 5.70. The molecule has 0 saturated heterocycles. The maximum atomic E-state index is 6.18. The largest absolute Gasteiger partial charge is 0.338 e. The van der Waals surface area contributed by atoms with Gasteiger partial charge in [-0.15, -0.1) is 0 Å². The van der Waals surface area contributed by atoms with Crippen molar-refractivity contribution in [3.63, 3.8) is 0 Å². The molecule has 0 amide bonds. The van der Waals surface area contributed by atoms with Crippen LogP contribution in [0.3, 0.4) is 0 Å². The van der Waals surface area contributed by atoms with Crippen molar-refractivity contribution in [1.82, 2.24) is 14.9 Å². The third-order valence-corrected chi connectivity index (χ3v) is 4.34. The van der Waals surface area contributed by atoms with Crippen LogP contribution in [0, 0.1) is 0 Å². The van der Waals surface area contributed by atoms with Crippen LogP contribution in [0.25, 0.3) is 0 Å². The Labute approximate surface area is 127 Å². The zero-order valence-electron chi connectivity index (χ0n) is 11.0. The Bertz CT molecular complexity index is 553. The van der Waals surface area contributed by atoms with Crippen molar-refractivity contribution in [2.75, 3.05) is 6.54 Å². The topological polar surface area (TPSA) is 29.9 Å². The van der Waals surface area contributed by atoms with Crippen molar-refractivity contribution in [3.05, 3.63) is 51.5 Å². The Morgan fingerprint density at radius 1 is 1.47 bits per heavy atom. The third kappa shape index (κ3) is 3.59. The van der Waals surface area contributed by atoms with E-state index < -0.39 is 0 Å². The molecular weight excluding hydrogens is 326 g/mol. The molecule has 0 aliphatic rings. The summed E-state index contributed by atoms with van der Waals surface area (Å²) in [5.74, 6) is 1.06. The van der Waals surface area contributed by atoms with E-state index in [1.165, 1.54) is 5.56 Å². The van der Waals surface area contributed by atoms with E-state index >= 15 is 0 Å². The molecule has 0 fully saturated rings. The third-order valence-electron chi connectivity index (χ3n) is 3.10. The average molecular weight is 343 g/mol. The summed E-state index contributed by atoms with van der Waals surface area (Å²) in [6.07, 6.45) is 4.63. The number of imidazole rings is 1. The van der Waals surface area contributed by atoms with Crippen molar-refractivity contribution in [3.8, 4) is 0 Å². The number of aryl methyl sites for hydroxylation is 1.